The van der Waals surface area contributed by atoms with Crippen molar-refractivity contribution in [1.82, 2.24) is 19.9 Å². The highest BCUT2D eigenvalue weighted by molar-refractivity contribution is 7.21. The fourth-order valence-corrected chi connectivity index (χ4v) is 4.73. The zero-order valence-electron chi connectivity index (χ0n) is 15.6. The summed E-state index contributed by atoms with van der Waals surface area (Å²) in [4.78, 5) is 22.5. The number of benzene rings is 1. The van der Waals surface area contributed by atoms with Gasteiger partial charge in [-0.05, 0) is 44.2 Å². The van der Waals surface area contributed by atoms with E-state index < -0.39 is 0 Å². The van der Waals surface area contributed by atoms with E-state index in [-0.39, 0.29) is 11.9 Å². The molecule has 5 rings (SSSR count). The lowest BCUT2D eigenvalue weighted by Crippen LogP contribution is -2.34. The Labute approximate surface area is 165 Å². The van der Waals surface area contributed by atoms with Crippen molar-refractivity contribution < 1.29 is 4.79 Å². The van der Waals surface area contributed by atoms with E-state index in [2.05, 4.69) is 21.7 Å². The van der Waals surface area contributed by atoms with Crippen LogP contribution in [0.4, 0.5) is 5.69 Å². The second-order valence-electron chi connectivity index (χ2n) is 6.89. The molecule has 6 nitrogen and oxygen atoms in total. The predicted octanol–water partition coefficient (Wildman–Crippen LogP) is 4.21. The molecule has 28 heavy (non-hydrogen) atoms. The molecule has 1 amide bonds. The summed E-state index contributed by atoms with van der Waals surface area (Å²) in [7, 11) is 0. The summed E-state index contributed by atoms with van der Waals surface area (Å²) in [6.45, 7) is 4.67. The summed E-state index contributed by atoms with van der Waals surface area (Å²) < 4.78 is 3.05. The number of aromatic nitrogens is 3. The summed E-state index contributed by atoms with van der Waals surface area (Å²) in [6, 6.07) is 8.24. The van der Waals surface area contributed by atoms with Crippen molar-refractivity contribution in [3.8, 4) is 5.82 Å². The van der Waals surface area contributed by atoms with E-state index in [0.29, 0.717) is 6.54 Å². The average molecular weight is 389 g/mol. The first-order valence-electron chi connectivity index (χ1n) is 9.23. The van der Waals surface area contributed by atoms with Crippen molar-refractivity contribution in [2.75, 3.05) is 11.9 Å². The number of carbonyl (C=O) groups excluding carboxylic acids is 1. The van der Waals surface area contributed by atoms with Crippen LogP contribution in [-0.4, -0.2) is 33.0 Å². The Morgan fingerprint density at radius 3 is 3.04 bits per heavy atom. The number of nitrogens with zero attached hydrogens (tertiary/aromatic N) is 3. The molecule has 1 aromatic carbocycles. The monoisotopic (exact) mass is 389 g/mol. The largest absolute Gasteiger partial charge is 0.381 e. The number of rotatable bonds is 2. The Balaban J connectivity index is 1.71. The minimum Gasteiger partial charge on any atom is -0.381 e. The molecule has 0 saturated carbocycles. The molecule has 1 aliphatic heterocycles. The molecule has 0 aliphatic carbocycles. The topological polar surface area (TPSA) is 71.8 Å². The van der Waals surface area contributed by atoms with Gasteiger partial charge in [0, 0.05) is 40.5 Å². The third kappa shape index (κ3) is 2.58. The van der Waals surface area contributed by atoms with E-state index in [1.165, 1.54) is 11.3 Å². The van der Waals surface area contributed by atoms with E-state index in [1.807, 2.05) is 55.0 Å². The van der Waals surface area contributed by atoms with Gasteiger partial charge in [0.1, 0.15) is 16.5 Å². The molecule has 1 atom stereocenters. The van der Waals surface area contributed by atoms with Crippen LogP contribution in [0.2, 0.25) is 0 Å². The molecule has 3 aromatic heterocycles. The summed E-state index contributed by atoms with van der Waals surface area (Å²) in [6.07, 6.45) is 7.60. The number of allylic oxidation sites excluding steroid dienone is 1. The van der Waals surface area contributed by atoms with Crippen molar-refractivity contribution in [2.24, 2.45) is 0 Å². The second-order valence-corrected chi connectivity index (χ2v) is 7.94. The highest BCUT2D eigenvalue weighted by Gasteiger charge is 2.24. The number of hydrogen-bond donors (Lipinski definition) is 2. The Bertz CT molecular complexity index is 1250. The Morgan fingerprint density at radius 1 is 1.29 bits per heavy atom. The molecular formula is C21H19N5OS. The highest BCUT2D eigenvalue weighted by atomic mass is 32.1. The van der Waals surface area contributed by atoms with E-state index >= 15 is 0 Å². The van der Waals surface area contributed by atoms with Gasteiger partial charge in [-0.1, -0.05) is 6.08 Å². The smallest absolute Gasteiger partial charge is 0.263 e. The van der Waals surface area contributed by atoms with Gasteiger partial charge in [-0.2, -0.15) is 0 Å². The van der Waals surface area contributed by atoms with Crippen LogP contribution < -0.4 is 10.6 Å². The Hall–Kier alpha value is -3.19. The lowest BCUT2D eigenvalue weighted by Gasteiger charge is -2.10. The van der Waals surface area contributed by atoms with Crippen molar-refractivity contribution >= 4 is 50.0 Å². The summed E-state index contributed by atoms with van der Waals surface area (Å²) in [5.74, 6) is 1.64. The molecule has 1 unspecified atom stereocenters. The number of fused-ring (bicyclic) bond motifs is 5. The fraction of sp³-hybridized carbons (Fsp3) is 0.190. The minimum absolute atomic E-state index is 0.0131. The Kier molecular flexibility index (Phi) is 3.91. The molecule has 0 radical (unpaired) electrons. The quantitative estimate of drug-likeness (QED) is 0.539. The highest BCUT2D eigenvalue weighted by Crippen LogP contribution is 2.40. The lowest BCUT2D eigenvalue weighted by molar-refractivity contribution is 0.0949. The number of carbonyl (C=O) groups is 1. The molecule has 0 saturated heterocycles. The van der Waals surface area contributed by atoms with Gasteiger partial charge in [0.05, 0.1) is 11.2 Å². The minimum atomic E-state index is -0.0131. The van der Waals surface area contributed by atoms with E-state index in [0.717, 1.165) is 43.2 Å². The maximum atomic E-state index is 12.6. The molecule has 2 N–H and O–H groups in total. The standard InChI is InChI=1S/C21H19N5OS/c1-3-4-16-22-9-10-26(16)17-8-5-13-14(25-17)6-7-15-18(13)19-20(28-15)21(27)24-12(2)11-23-19/h3-10,12,23H,11H2,1-2H3,(H,24,27). The molecular weight excluding hydrogens is 370 g/mol. The van der Waals surface area contributed by atoms with Crippen LogP contribution in [0.3, 0.4) is 0 Å². The normalized spacial score (nSPS) is 16.9. The van der Waals surface area contributed by atoms with E-state index in [1.54, 1.807) is 6.20 Å². The molecule has 0 bridgehead atoms. The molecule has 0 fully saturated rings. The summed E-state index contributed by atoms with van der Waals surface area (Å²) in [5.41, 5.74) is 1.81. The summed E-state index contributed by atoms with van der Waals surface area (Å²) >= 11 is 1.52. The fourth-order valence-electron chi connectivity index (χ4n) is 3.63. The van der Waals surface area contributed by atoms with Crippen molar-refractivity contribution in [2.45, 2.75) is 19.9 Å². The first-order valence-corrected chi connectivity index (χ1v) is 10.0. The number of thiophene rings is 1. The molecule has 4 aromatic rings. The third-order valence-electron chi connectivity index (χ3n) is 4.91. The third-order valence-corrected chi connectivity index (χ3v) is 6.06. The maximum absolute atomic E-state index is 12.6. The zero-order valence-corrected chi connectivity index (χ0v) is 16.4. The molecule has 4 heterocycles. The van der Waals surface area contributed by atoms with Gasteiger partial charge in [0.25, 0.3) is 5.91 Å². The van der Waals surface area contributed by atoms with Crippen LogP contribution in [0.25, 0.3) is 32.9 Å². The Morgan fingerprint density at radius 2 is 2.18 bits per heavy atom. The van der Waals surface area contributed by atoms with Crippen LogP contribution in [0.1, 0.15) is 29.3 Å². The lowest BCUT2D eigenvalue weighted by atomic mass is 10.1. The SMILES string of the molecule is CC=Cc1nccn1-c1ccc2c(ccc3sc4c(c32)NCC(C)NC4=O)n1. The molecule has 0 spiro atoms. The zero-order chi connectivity index (χ0) is 19.3. The number of pyridine rings is 1. The van der Waals surface area contributed by atoms with Crippen LogP contribution in [0.5, 0.6) is 0 Å². The number of amides is 1. The van der Waals surface area contributed by atoms with Crippen LogP contribution in [0.15, 0.2) is 42.7 Å². The number of hydrogen-bond acceptors (Lipinski definition) is 5. The van der Waals surface area contributed by atoms with Crippen LogP contribution in [0, 0.1) is 0 Å². The van der Waals surface area contributed by atoms with Crippen molar-refractivity contribution in [3.05, 3.63) is 53.4 Å². The average Bonchev–Trinajstić information content (AvgIpc) is 3.27. The van der Waals surface area contributed by atoms with Crippen molar-refractivity contribution in [3.63, 3.8) is 0 Å². The first-order chi connectivity index (χ1) is 13.7. The molecule has 140 valence electrons. The predicted molar refractivity (Wildman–Crippen MR) is 114 cm³/mol. The molecule has 7 heteroatoms. The van der Waals surface area contributed by atoms with Gasteiger partial charge in [-0.25, -0.2) is 9.97 Å². The second kappa shape index (κ2) is 6.45. The molecule has 1 aliphatic rings. The van der Waals surface area contributed by atoms with Crippen LogP contribution in [-0.2, 0) is 0 Å². The van der Waals surface area contributed by atoms with Crippen molar-refractivity contribution in [1.29, 1.82) is 0 Å². The summed E-state index contributed by atoms with van der Waals surface area (Å²) in [5, 5.41) is 8.61. The van der Waals surface area contributed by atoms with Gasteiger partial charge in [0.2, 0.25) is 0 Å². The van der Waals surface area contributed by atoms with Gasteiger partial charge < -0.3 is 10.6 Å². The van der Waals surface area contributed by atoms with Gasteiger partial charge in [-0.15, -0.1) is 11.3 Å². The number of anilines is 1. The van der Waals surface area contributed by atoms with Gasteiger partial charge >= 0.3 is 0 Å². The van der Waals surface area contributed by atoms with Gasteiger partial charge in [0.15, 0.2) is 0 Å². The van der Waals surface area contributed by atoms with E-state index in [9.17, 15) is 4.79 Å². The van der Waals surface area contributed by atoms with E-state index in [4.69, 9.17) is 4.98 Å². The first kappa shape index (κ1) is 16.9. The number of nitrogens with one attached hydrogen (secondary N) is 2. The number of imidazole rings is 1. The van der Waals surface area contributed by atoms with Crippen LogP contribution >= 0.6 is 11.3 Å². The van der Waals surface area contributed by atoms with Gasteiger partial charge in [-0.3, -0.25) is 9.36 Å². The maximum Gasteiger partial charge on any atom is 0.263 e.